The van der Waals surface area contributed by atoms with E-state index in [1.807, 2.05) is 0 Å². The van der Waals surface area contributed by atoms with Gasteiger partial charge in [0.1, 0.15) is 11.6 Å². The van der Waals surface area contributed by atoms with E-state index in [2.05, 4.69) is 24.0 Å². The van der Waals surface area contributed by atoms with Gasteiger partial charge in [0.15, 0.2) is 6.10 Å². The highest BCUT2D eigenvalue weighted by molar-refractivity contribution is 5.81. The van der Waals surface area contributed by atoms with Crippen molar-refractivity contribution in [2.45, 2.75) is 50.2 Å². The van der Waals surface area contributed by atoms with Gasteiger partial charge in [0.2, 0.25) is 0 Å². The van der Waals surface area contributed by atoms with Crippen molar-refractivity contribution >= 4 is 5.91 Å². The first-order valence-corrected chi connectivity index (χ1v) is 11.2. The van der Waals surface area contributed by atoms with Gasteiger partial charge in [-0.05, 0) is 47.9 Å². The molecular formula is C24H27F2N3O4. The number of fused-ring (bicyclic) bond motifs is 5. The topological polar surface area (TPSA) is 95.8 Å². The van der Waals surface area contributed by atoms with Crippen molar-refractivity contribution in [3.05, 3.63) is 47.2 Å². The van der Waals surface area contributed by atoms with Gasteiger partial charge < -0.3 is 19.8 Å². The smallest absolute Gasteiger partial charge is 0.253 e. The Balaban J connectivity index is 1.56. The number of carbonyl (C=O) groups is 1. The number of benzene rings is 1. The van der Waals surface area contributed by atoms with Crippen LogP contribution in [-0.2, 0) is 14.9 Å². The molecule has 1 aromatic carbocycles. The highest BCUT2D eigenvalue weighted by atomic mass is 19.1. The second-order valence-corrected chi connectivity index (χ2v) is 9.76. The van der Waals surface area contributed by atoms with E-state index in [1.165, 1.54) is 23.1 Å². The van der Waals surface area contributed by atoms with Gasteiger partial charge in [0, 0.05) is 18.5 Å². The fraction of sp³-hybridized carbons (Fsp3) is 0.542. The van der Waals surface area contributed by atoms with Gasteiger partial charge in [0.05, 0.1) is 36.3 Å². The minimum Gasteiger partial charge on any atom is -0.393 e. The first-order chi connectivity index (χ1) is 15.7. The number of aliphatic hydroxyl groups is 2. The summed E-state index contributed by atoms with van der Waals surface area (Å²) in [6.45, 7) is 4.54. The van der Waals surface area contributed by atoms with Crippen LogP contribution >= 0.6 is 0 Å². The molecule has 2 heterocycles. The van der Waals surface area contributed by atoms with Gasteiger partial charge in [-0.2, -0.15) is 10.2 Å². The highest BCUT2D eigenvalue weighted by Crippen LogP contribution is 2.69. The van der Waals surface area contributed by atoms with Crippen LogP contribution in [0, 0.1) is 17.0 Å². The second kappa shape index (κ2) is 7.78. The molecule has 4 atom stereocenters. The summed E-state index contributed by atoms with van der Waals surface area (Å²) in [6.07, 6.45) is -0.195. The number of hydrogen-bond acceptors (Lipinski definition) is 6. The lowest BCUT2D eigenvalue weighted by atomic mass is 9.64. The average molecular weight is 459 g/mol. The number of amides is 1. The first kappa shape index (κ1) is 22.3. The van der Waals surface area contributed by atoms with Crippen molar-refractivity contribution in [3.63, 3.8) is 0 Å². The molecular weight excluding hydrogens is 432 g/mol. The number of aliphatic hydroxyl groups excluding tert-OH is 2. The molecule has 2 aromatic rings. The molecule has 2 N–H and O–H groups in total. The monoisotopic (exact) mass is 459 g/mol. The summed E-state index contributed by atoms with van der Waals surface area (Å²) < 4.78 is 35.0. The minimum absolute atomic E-state index is 0.106. The van der Waals surface area contributed by atoms with Gasteiger partial charge in [-0.3, -0.25) is 4.79 Å². The summed E-state index contributed by atoms with van der Waals surface area (Å²) in [5, 5.41) is 27.8. The van der Waals surface area contributed by atoms with E-state index in [0.29, 0.717) is 13.2 Å². The summed E-state index contributed by atoms with van der Waals surface area (Å²) >= 11 is 0. The summed E-state index contributed by atoms with van der Waals surface area (Å²) in [5.74, 6) is -1.79. The Kier molecular flexibility index (Phi) is 5.26. The normalized spacial score (nSPS) is 28.6. The van der Waals surface area contributed by atoms with Crippen molar-refractivity contribution in [1.82, 2.24) is 15.1 Å². The van der Waals surface area contributed by atoms with Crippen LogP contribution in [0.1, 0.15) is 43.9 Å². The van der Waals surface area contributed by atoms with E-state index in [4.69, 9.17) is 4.74 Å². The van der Waals surface area contributed by atoms with Crippen LogP contribution in [0.15, 0.2) is 24.3 Å². The zero-order valence-corrected chi connectivity index (χ0v) is 18.6. The maximum atomic E-state index is 14.4. The van der Waals surface area contributed by atoms with Gasteiger partial charge in [-0.15, -0.1) is 0 Å². The molecule has 33 heavy (non-hydrogen) atoms. The molecule has 2 fully saturated rings. The maximum absolute atomic E-state index is 14.4. The van der Waals surface area contributed by atoms with E-state index in [9.17, 15) is 23.8 Å². The first-order valence-electron chi connectivity index (χ1n) is 11.2. The molecule has 5 rings (SSSR count). The van der Waals surface area contributed by atoms with Crippen LogP contribution in [0.5, 0.6) is 0 Å². The molecule has 3 aliphatic rings. The van der Waals surface area contributed by atoms with E-state index in [-0.39, 0.29) is 35.2 Å². The van der Waals surface area contributed by atoms with Crippen molar-refractivity contribution in [2.75, 3.05) is 26.3 Å². The van der Waals surface area contributed by atoms with Crippen molar-refractivity contribution in [2.24, 2.45) is 5.41 Å². The van der Waals surface area contributed by atoms with Gasteiger partial charge in [-0.25, -0.2) is 8.78 Å². The van der Waals surface area contributed by atoms with E-state index in [1.54, 1.807) is 6.07 Å². The van der Waals surface area contributed by atoms with Gasteiger partial charge >= 0.3 is 0 Å². The summed E-state index contributed by atoms with van der Waals surface area (Å²) in [4.78, 5) is 14.1. The van der Waals surface area contributed by atoms with Crippen LogP contribution in [0.3, 0.4) is 0 Å². The number of ether oxygens (including phenoxy) is 1. The predicted octanol–water partition coefficient (Wildman–Crippen LogP) is 2.16. The number of halogens is 2. The largest absolute Gasteiger partial charge is 0.393 e. The number of carbonyl (C=O) groups excluding carboxylic acids is 1. The van der Waals surface area contributed by atoms with Crippen molar-refractivity contribution in [3.8, 4) is 11.3 Å². The van der Waals surface area contributed by atoms with Crippen LogP contribution in [0.25, 0.3) is 11.3 Å². The summed E-state index contributed by atoms with van der Waals surface area (Å²) in [7, 11) is 0. The highest BCUT2D eigenvalue weighted by Gasteiger charge is 2.67. The third-order valence-electron chi connectivity index (χ3n) is 8.07. The number of nitrogens with zero attached hydrogens (tertiary/aromatic N) is 3. The van der Waals surface area contributed by atoms with Crippen molar-refractivity contribution in [1.29, 1.82) is 0 Å². The van der Waals surface area contributed by atoms with Gasteiger partial charge in [0.25, 0.3) is 5.91 Å². The predicted molar refractivity (Wildman–Crippen MR) is 114 cm³/mol. The minimum atomic E-state index is -1.46. The summed E-state index contributed by atoms with van der Waals surface area (Å²) in [6, 6.07) is 5.47. The molecule has 1 saturated carbocycles. The Morgan fingerprint density at radius 3 is 2.73 bits per heavy atom. The average Bonchev–Trinajstić information content (AvgIpc) is 3.19. The van der Waals surface area contributed by atoms with Crippen LogP contribution in [-0.4, -0.2) is 69.7 Å². The molecule has 176 valence electrons. The SMILES string of the molecule is CC1(C)[C@H]2CC[C@]1([C@@H]1CN(C(=O)C(O)CO)CCO1)c1nnc(-c3c(F)cccc3F)cc12. The Morgan fingerprint density at radius 1 is 1.30 bits per heavy atom. The lowest BCUT2D eigenvalue weighted by Gasteiger charge is -2.47. The molecule has 9 heteroatoms. The number of rotatable bonds is 4. The molecule has 7 nitrogen and oxygen atoms in total. The lowest BCUT2D eigenvalue weighted by molar-refractivity contribution is -0.155. The van der Waals surface area contributed by atoms with Crippen molar-refractivity contribution < 1.29 is 28.5 Å². The zero-order valence-electron chi connectivity index (χ0n) is 18.6. The third kappa shape index (κ3) is 3.05. The van der Waals surface area contributed by atoms with Crippen LogP contribution in [0.4, 0.5) is 8.78 Å². The van der Waals surface area contributed by atoms with E-state index in [0.717, 1.165) is 24.1 Å². The quantitative estimate of drug-likeness (QED) is 0.728. The molecule has 0 radical (unpaired) electrons. The zero-order chi connectivity index (χ0) is 23.5. The Labute approximate surface area is 190 Å². The molecule has 1 amide bonds. The second-order valence-electron chi connectivity index (χ2n) is 9.76. The molecule has 1 aliphatic heterocycles. The fourth-order valence-corrected chi connectivity index (χ4v) is 6.38. The van der Waals surface area contributed by atoms with E-state index >= 15 is 0 Å². The standard InChI is InChI=1S/C24H27F2N3O4/c1-23(2)14-6-7-24(23,19-11-29(8-9-33-19)22(32)18(31)12-30)21-13(14)10-17(27-28-21)20-15(25)4-3-5-16(20)26/h3-5,10,14,18-19,30-31H,6-9,11-12H2,1-2H3/t14-,18?,19-,24-/m0/s1. The number of hydrogen-bond donors (Lipinski definition) is 2. The Bertz CT molecular complexity index is 1090. The third-order valence-corrected chi connectivity index (χ3v) is 8.07. The van der Waals surface area contributed by atoms with Crippen LogP contribution < -0.4 is 0 Å². The lowest BCUT2D eigenvalue weighted by Crippen LogP contribution is -2.58. The Morgan fingerprint density at radius 2 is 2.03 bits per heavy atom. The van der Waals surface area contributed by atoms with Crippen LogP contribution in [0.2, 0.25) is 0 Å². The summed E-state index contributed by atoms with van der Waals surface area (Å²) in [5.41, 5.74) is 0.826. The number of morpholine rings is 1. The molecule has 1 unspecified atom stereocenters. The molecule has 0 spiro atoms. The van der Waals surface area contributed by atoms with E-state index < -0.39 is 35.7 Å². The number of aromatic nitrogens is 2. The molecule has 1 aromatic heterocycles. The molecule has 2 bridgehead atoms. The maximum Gasteiger partial charge on any atom is 0.253 e. The van der Waals surface area contributed by atoms with Gasteiger partial charge in [-0.1, -0.05) is 19.9 Å². The fourth-order valence-electron chi connectivity index (χ4n) is 6.38. The molecule has 1 saturated heterocycles. The molecule has 2 aliphatic carbocycles. The Hall–Kier alpha value is -2.49.